The van der Waals surface area contributed by atoms with E-state index >= 15 is 0 Å². The van der Waals surface area contributed by atoms with Gasteiger partial charge < -0.3 is 26.0 Å². The molecule has 1 saturated carbocycles. The van der Waals surface area contributed by atoms with Crippen LogP contribution in [0.1, 0.15) is 75.6 Å². The Hall–Kier alpha value is -3.88. The number of rotatable bonds is 10. The van der Waals surface area contributed by atoms with E-state index in [0.717, 1.165) is 30.4 Å². The van der Waals surface area contributed by atoms with Crippen LogP contribution in [0.3, 0.4) is 0 Å². The number of nitrogens with zero attached hydrogens (tertiary/aromatic N) is 1. The van der Waals surface area contributed by atoms with Gasteiger partial charge in [0, 0.05) is 18.2 Å². The van der Waals surface area contributed by atoms with Crippen LogP contribution in [-0.4, -0.2) is 46.4 Å². The fourth-order valence-corrected chi connectivity index (χ4v) is 4.63. The van der Waals surface area contributed by atoms with E-state index in [1.165, 1.54) is 0 Å². The first-order valence-electron chi connectivity index (χ1n) is 13.4. The van der Waals surface area contributed by atoms with Gasteiger partial charge in [0.2, 0.25) is 11.8 Å². The molecule has 2 aromatic rings. The molecule has 0 aliphatic heterocycles. The van der Waals surface area contributed by atoms with Crippen LogP contribution in [0.2, 0.25) is 0 Å². The number of nitrogens with one attached hydrogen (secondary N) is 2. The zero-order valence-corrected chi connectivity index (χ0v) is 23.5. The fraction of sp³-hybridized carbons (Fsp3) is 0.467. The van der Waals surface area contributed by atoms with Crippen molar-refractivity contribution in [3.63, 3.8) is 0 Å². The van der Waals surface area contributed by atoms with E-state index in [-0.39, 0.29) is 24.8 Å². The summed E-state index contributed by atoms with van der Waals surface area (Å²) < 4.78 is 5.39. The minimum atomic E-state index is -1.10. The second-order valence-corrected chi connectivity index (χ2v) is 11.1. The van der Waals surface area contributed by atoms with Crippen molar-refractivity contribution in [2.75, 3.05) is 5.32 Å². The van der Waals surface area contributed by atoms with Gasteiger partial charge in [-0.05, 0) is 77.0 Å². The average molecular weight is 537 g/mol. The molecule has 1 aliphatic carbocycles. The van der Waals surface area contributed by atoms with Gasteiger partial charge in [-0.2, -0.15) is 0 Å². The Balaban J connectivity index is 2.02. The van der Waals surface area contributed by atoms with E-state index in [1.54, 1.807) is 25.7 Å². The predicted molar refractivity (Wildman–Crippen MR) is 150 cm³/mol. The van der Waals surface area contributed by atoms with Crippen LogP contribution in [0.4, 0.5) is 10.5 Å². The zero-order valence-electron chi connectivity index (χ0n) is 23.5. The minimum Gasteiger partial charge on any atom is -0.444 e. The van der Waals surface area contributed by atoms with Crippen LogP contribution in [0, 0.1) is 13.8 Å². The van der Waals surface area contributed by atoms with Crippen molar-refractivity contribution >= 4 is 29.5 Å². The molecule has 4 amide bonds. The molecule has 3 rings (SSSR count). The van der Waals surface area contributed by atoms with Gasteiger partial charge in [-0.25, -0.2) is 4.79 Å². The minimum absolute atomic E-state index is 0.0172. The normalized spacial score (nSPS) is 14.9. The van der Waals surface area contributed by atoms with Gasteiger partial charge in [0.25, 0.3) is 5.91 Å². The Morgan fingerprint density at radius 2 is 1.62 bits per heavy atom. The first-order chi connectivity index (χ1) is 18.4. The van der Waals surface area contributed by atoms with E-state index in [1.807, 2.05) is 62.4 Å². The Kier molecular flexibility index (Phi) is 9.72. The van der Waals surface area contributed by atoms with E-state index < -0.39 is 35.6 Å². The van der Waals surface area contributed by atoms with Crippen molar-refractivity contribution in [2.24, 2.45) is 5.73 Å². The van der Waals surface area contributed by atoms with Crippen molar-refractivity contribution in [1.29, 1.82) is 0 Å². The summed E-state index contributed by atoms with van der Waals surface area (Å²) in [4.78, 5) is 54.1. The Bertz CT molecular complexity index is 1170. The number of hydrogen-bond acceptors (Lipinski definition) is 5. The quantitative estimate of drug-likeness (QED) is 0.411. The molecule has 0 heterocycles. The predicted octanol–water partition coefficient (Wildman–Crippen LogP) is 4.52. The summed E-state index contributed by atoms with van der Waals surface area (Å²) in [5.74, 6) is -1.41. The smallest absolute Gasteiger partial charge is 0.408 e. The molecular formula is C30H40N4O5. The molecule has 210 valence electrons. The summed E-state index contributed by atoms with van der Waals surface area (Å²) in [5, 5.41) is 5.69. The van der Waals surface area contributed by atoms with Crippen LogP contribution in [0.5, 0.6) is 0 Å². The molecule has 0 aromatic heterocycles. The second-order valence-electron chi connectivity index (χ2n) is 11.1. The maximum Gasteiger partial charge on any atom is 0.408 e. The number of alkyl carbamates (subject to hydrolysis) is 1. The molecule has 2 unspecified atom stereocenters. The number of aryl methyl sites for hydroxylation is 2. The third-order valence-corrected chi connectivity index (χ3v) is 6.76. The molecule has 2 atom stereocenters. The summed E-state index contributed by atoms with van der Waals surface area (Å²) in [7, 11) is 0. The van der Waals surface area contributed by atoms with Gasteiger partial charge in [0.15, 0.2) is 0 Å². The monoisotopic (exact) mass is 536 g/mol. The summed E-state index contributed by atoms with van der Waals surface area (Å²) >= 11 is 0. The van der Waals surface area contributed by atoms with E-state index in [4.69, 9.17) is 10.5 Å². The van der Waals surface area contributed by atoms with Crippen LogP contribution in [-0.2, 0) is 19.1 Å². The molecule has 2 aromatic carbocycles. The molecule has 39 heavy (non-hydrogen) atoms. The van der Waals surface area contributed by atoms with Crippen molar-refractivity contribution < 1.29 is 23.9 Å². The number of benzene rings is 2. The van der Waals surface area contributed by atoms with Crippen LogP contribution >= 0.6 is 0 Å². The van der Waals surface area contributed by atoms with Crippen LogP contribution in [0.15, 0.2) is 48.5 Å². The van der Waals surface area contributed by atoms with Gasteiger partial charge in [-0.15, -0.1) is 0 Å². The van der Waals surface area contributed by atoms with Gasteiger partial charge in [-0.1, -0.05) is 48.5 Å². The van der Waals surface area contributed by atoms with Gasteiger partial charge in [-0.3, -0.25) is 14.4 Å². The summed E-state index contributed by atoms with van der Waals surface area (Å²) in [6, 6.07) is 12.6. The number of hydrogen-bond donors (Lipinski definition) is 3. The maximum atomic E-state index is 14.2. The Morgan fingerprint density at radius 3 is 2.13 bits per heavy atom. The highest BCUT2D eigenvalue weighted by Crippen LogP contribution is 2.35. The summed E-state index contributed by atoms with van der Waals surface area (Å²) in [6.45, 7) is 8.99. The van der Waals surface area contributed by atoms with Gasteiger partial charge >= 0.3 is 6.09 Å². The highest BCUT2D eigenvalue weighted by molar-refractivity contribution is 6.00. The number of ether oxygens (including phenoxy) is 1. The third kappa shape index (κ3) is 8.05. The lowest BCUT2D eigenvalue weighted by molar-refractivity contribution is -0.146. The van der Waals surface area contributed by atoms with Crippen LogP contribution < -0.4 is 16.4 Å². The highest BCUT2D eigenvalue weighted by Gasteiger charge is 2.42. The van der Waals surface area contributed by atoms with Crippen molar-refractivity contribution in [2.45, 2.75) is 90.4 Å². The molecule has 9 heteroatoms. The van der Waals surface area contributed by atoms with Crippen LogP contribution in [0.25, 0.3) is 0 Å². The maximum absolute atomic E-state index is 14.2. The lowest BCUT2D eigenvalue weighted by atomic mass is 9.87. The number of carbonyl (C=O) groups is 4. The first-order valence-corrected chi connectivity index (χ1v) is 13.4. The first kappa shape index (κ1) is 29.7. The van der Waals surface area contributed by atoms with E-state index in [0.29, 0.717) is 11.3 Å². The lowest BCUT2D eigenvalue weighted by Crippen LogP contribution is -2.57. The topological polar surface area (TPSA) is 131 Å². The zero-order chi connectivity index (χ0) is 28.7. The lowest BCUT2D eigenvalue weighted by Gasteiger charge is -2.43. The number of primary amides is 1. The van der Waals surface area contributed by atoms with Crippen molar-refractivity contribution in [3.05, 3.63) is 65.2 Å². The molecule has 0 spiro atoms. The number of carbonyl (C=O) groups excluding carboxylic acids is 4. The third-order valence-electron chi connectivity index (χ3n) is 6.76. The van der Waals surface area contributed by atoms with Crippen molar-refractivity contribution in [1.82, 2.24) is 10.2 Å². The second kappa shape index (κ2) is 12.8. The van der Waals surface area contributed by atoms with Gasteiger partial charge in [0.05, 0.1) is 0 Å². The molecule has 0 bridgehead atoms. The number of nitrogens with two attached hydrogens (primary N) is 1. The number of anilines is 1. The van der Waals surface area contributed by atoms with E-state index in [2.05, 4.69) is 10.6 Å². The van der Waals surface area contributed by atoms with E-state index in [9.17, 15) is 19.2 Å². The molecule has 4 N–H and O–H groups in total. The SMILES string of the molecule is Cc1cccc(C)c1NC(=O)C(c1ccccc1)N(C(=O)C(CCC(N)=O)NC(=O)OC(C)(C)C)C1CCC1. The molecule has 0 saturated heterocycles. The average Bonchev–Trinajstić information content (AvgIpc) is 2.81. The Morgan fingerprint density at radius 1 is 1.00 bits per heavy atom. The summed E-state index contributed by atoms with van der Waals surface area (Å²) in [5.41, 5.74) is 7.76. The molecule has 0 radical (unpaired) electrons. The largest absolute Gasteiger partial charge is 0.444 e. The van der Waals surface area contributed by atoms with Gasteiger partial charge in [0.1, 0.15) is 17.7 Å². The van der Waals surface area contributed by atoms with Crippen molar-refractivity contribution in [3.8, 4) is 0 Å². The molecule has 1 aliphatic rings. The number of para-hydroxylation sites is 1. The standard InChI is InChI=1S/C30H40N4O5/c1-19-11-9-12-20(2)25(19)33-27(36)26(21-13-7-6-8-14-21)34(22-15-10-16-22)28(37)23(17-18-24(31)35)32-29(38)39-30(3,4)5/h6-9,11-14,22-23,26H,10,15-18H2,1-5H3,(H2,31,35)(H,32,38)(H,33,36). The molecule has 1 fully saturated rings. The highest BCUT2D eigenvalue weighted by atomic mass is 16.6. The molecule has 9 nitrogen and oxygen atoms in total. The number of amides is 4. The fourth-order valence-electron chi connectivity index (χ4n) is 4.63. The summed E-state index contributed by atoms with van der Waals surface area (Å²) in [6.07, 6.45) is 1.45. The molecular weight excluding hydrogens is 496 g/mol. The Labute approximate surface area is 230 Å².